The maximum Gasteiger partial charge on any atom is 0.193 e. The van der Waals surface area contributed by atoms with E-state index in [1.165, 1.54) is 0 Å². The Hall–Kier alpha value is -1.63. The van der Waals surface area contributed by atoms with Gasteiger partial charge in [-0.1, -0.05) is 18.2 Å². The zero-order valence-electron chi connectivity index (χ0n) is 13.1. The number of para-hydroxylation sites is 1. The summed E-state index contributed by atoms with van der Waals surface area (Å²) in [6.07, 6.45) is 0. The fourth-order valence-electron chi connectivity index (χ4n) is 1.80. The molecule has 6 heteroatoms. The molecule has 0 saturated heterocycles. The number of anilines is 1. The molecule has 118 valence electrons. The van der Waals surface area contributed by atoms with Crippen LogP contribution < -0.4 is 11.1 Å². The third-order valence-corrected chi connectivity index (χ3v) is 3.02. The fourth-order valence-corrected chi connectivity index (χ4v) is 1.80. The van der Waals surface area contributed by atoms with Crippen LogP contribution in [0.4, 0.5) is 5.69 Å². The standard InChI is InChI=1S/C15H26N4O2/c1-19(10-11-20-2)9-8-17-15(16)18-14-7-5-4-6-13(14)12-21-3/h4-7H,8-12H2,1-3H3,(H3,16,17,18). The molecule has 0 spiro atoms. The lowest BCUT2D eigenvalue weighted by atomic mass is 10.2. The van der Waals surface area contributed by atoms with Crippen LogP contribution in [0, 0.1) is 0 Å². The molecule has 0 amide bonds. The SMILES string of the molecule is COCCN(C)CCN=C(N)Nc1ccccc1COC. The van der Waals surface area contributed by atoms with Crippen LogP contribution in [0.5, 0.6) is 0 Å². The van der Waals surface area contributed by atoms with Crippen molar-refractivity contribution in [2.75, 3.05) is 52.8 Å². The van der Waals surface area contributed by atoms with E-state index in [-0.39, 0.29) is 0 Å². The molecule has 1 aromatic rings. The number of nitrogens with two attached hydrogens (primary N) is 1. The number of hydrogen-bond donors (Lipinski definition) is 2. The molecule has 0 radical (unpaired) electrons. The van der Waals surface area contributed by atoms with Crippen molar-refractivity contribution in [2.45, 2.75) is 6.61 Å². The first-order valence-corrected chi connectivity index (χ1v) is 6.98. The third kappa shape index (κ3) is 7.08. The van der Waals surface area contributed by atoms with E-state index in [9.17, 15) is 0 Å². The van der Waals surface area contributed by atoms with Gasteiger partial charge in [-0.25, -0.2) is 0 Å². The van der Waals surface area contributed by atoms with Gasteiger partial charge in [0.1, 0.15) is 0 Å². The maximum atomic E-state index is 5.91. The molecule has 0 aliphatic carbocycles. The molecule has 6 nitrogen and oxygen atoms in total. The van der Waals surface area contributed by atoms with Crippen LogP contribution in [0.25, 0.3) is 0 Å². The fraction of sp³-hybridized carbons (Fsp3) is 0.533. The first kappa shape index (κ1) is 17.4. The van der Waals surface area contributed by atoms with Gasteiger partial charge in [0.15, 0.2) is 5.96 Å². The number of ether oxygens (including phenoxy) is 2. The number of guanidine groups is 1. The van der Waals surface area contributed by atoms with Gasteiger partial charge in [0.05, 0.1) is 19.8 Å². The lowest BCUT2D eigenvalue weighted by Gasteiger charge is -2.15. The van der Waals surface area contributed by atoms with E-state index in [0.29, 0.717) is 19.1 Å². The van der Waals surface area contributed by atoms with Crippen molar-refractivity contribution in [2.24, 2.45) is 10.7 Å². The van der Waals surface area contributed by atoms with E-state index in [2.05, 4.69) is 15.2 Å². The van der Waals surface area contributed by atoms with Crippen LogP contribution in [0.15, 0.2) is 29.3 Å². The van der Waals surface area contributed by atoms with E-state index in [0.717, 1.165) is 30.9 Å². The highest BCUT2D eigenvalue weighted by Crippen LogP contribution is 2.15. The van der Waals surface area contributed by atoms with Gasteiger partial charge in [0.2, 0.25) is 0 Å². The van der Waals surface area contributed by atoms with E-state index >= 15 is 0 Å². The predicted molar refractivity (Wildman–Crippen MR) is 86.6 cm³/mol. The zero-order chi connectivity index (χ0) is 15.5. The van der Waals surface area contributed by atoms with Crippen LogP contribution in [0.3, 0.4) is 0 Å². The number of aliphatic imine (C=N–C) groups is 1. The number of likely N-dealkylation sites (N-methyl/N-ethyl adjacent to an activating group) is 1. The average Bonchev–Trinajstić information content (AvgIpc) is 2.47. The van der Waals surface area contributed by atoms with Crippen LogP contribution >= 0.6 is 0 Å². The van der Waals surface area contributed by atoms with Crippen molar-refractivity contribution < 1.29 is 9.47 Å². The van der Waals surface area contributed by atoms with Crippen LogP contribution in [-0.4, -0.2) is 58.4 Å². The molecule has 0 bridgehead atoms. The lowest BCUT2D eigenvalue weighted by molar-refractivity contribution is 0.163. The quantitative estimate of drug-likeness (QED) is 0.528. The second-order valence-electron chi connectivity index (χ2n) is 4.78. The molecular weight excluding hydrogens is 268 g/mol. The van der Waals surface area contributed by atoms with Gasteiger partial charge >= 0.3 is 0 Å². The van der Waals surface area contributed by atoms with Crippen LogP contribution in [-0.2, 0) is 16.1 Å². The average molecular weight is 294 g/mol. The smallest absolute Gasteiger partial charge is 0.193 e. The van der Waals surface area contributed by atoms with Gasteiger partial charge in [-0.3, -0.25) is 4.99 Å². The summed E-state index contributed by atoms with van der Waals surface area (Å²) in [4.78, 5) is 6.48. The largest absolute Gasteiger partial charge is 0.383 e. The summed E-state index contributed by atoms with van der Waals surface area (Å²) in [7, 11) is 5.40. The van der Waals surface area contributed by atoms with Gasteiger partial charge in [-0.15, -0.1) is 0 Å². The Morgan fingerprint density at radius 2 is 2.00 bits per heavy atom. The van der Waals surface area contributed by atoms with Crippen molar-refractivity contribution >= 4 is 11.6 Å². The minimum atomic E-state index is 0.415. The molecule has 1 rings (SSSR count). The Morgan fingerprint density at radius 1 is 1.24 bits per heavy atom. The molecule has 0 aliphatic rings. The Morgan fingerprint density at radius 3 is 2.71 bits per heavy atom. The van der Waals surface area contributed by atoms with E-state index < -0.39 is 0 Å². The Bertz CT molecular complexity index is 437. The molecule has 0 aliphatic heterocycles. The van der Waals surface area contributed by atoms with Crippen molar-refractivity contribution in [1.29, 1.82) is 0 Å². The van der Waals surface area contributed by atoms with Crippen molar-refractivity contribution in [3.05, 3.63) is 29.8 Å². The minimum absolute atomic E-state index is 0.415. The second kappa shape index (κ2) is 10.1. The summed E-state index contributed by atoms with van der Waals surface area (Å²) in [6, 6.07) is 7.88. The number of methoxy groups -OCH3 is 2. The molecule has 0 aromatic heterocycles. The molecule has 0 fully saturated rings. The molecule has 3 N–H and O–H groups in total. The number of nitrogens with zero attached hydrogens (tertiary/aromatic N) is 2. The van der Waals surface area contributed by atoms with E-state index in [4.69, 9.17) is 15.2 Å². The number of hydrogen-bond acceptors (Lipinski definition) is 4. The monoisotopic (exact) mass is 294 g/mol. The van der Waals surface area contributed by atoms with Crippen molar-refractivity contribution in [1.82, 2.24) is 4.90 Å². The number of rotatable bonds is 9. The second-order valence-corrected chi connectivity index (χ2v) is 4.78. The molecule has 0 atom stereocenters. The summed E-state index contributed by atoms with van der Waals surface area (Å²) < 4.78 is 10.2. The Labute approximate surface area is 126 Å². The zero-order valence-corrected chi connectivity index (χ0v) is 13.1. The van der Waals surface area contributed by atoms with Crippen molar-refractivity contribution in [3.8, 4) is 0 Å². The third-order valence-electron chi connectivity index (χ3n) is 3.02. The van der Waals surface area contributed by atoms with Gasteiger partial charge in [0, 0.05) is 38.6 Å². The lowest BCUT2D eigenvalue weighted by Crippen LogP contribution is -2.28. The normalized spacial score (nSPS) is 11.9. The predicted octanol–water partition coefficient (Wildman–Crippen LogP) is 1.14. The van der Waals surface area contributed by atoms with Gasteiger partial charge in [0.25, 0.3) is 0 Å². The first-order valence-electron chi connectivity index (χ1n) is 6.98. The highest BCUT2D eigenvalue weighted by atomic mass is 16.5. The Kier molecular flexibility index (Phi) is 8.42. The van der Waals surface area contributed by atoms with Crippen LogP contribution in [0.1, 0.15) is 5.56 Å². The summed E-state index contributed by atoms with van der Waals surface area (Å²) in [5.74, 6) is 0.415. The maximum absolute atomic E-state index is 5.91. The summed E-state index contributed by atoms with van der Waals surface area (Å²) in [6.45, 7) is 3.63. The van der Waals surface area contributed by atoms with Gasteiger partial charge in [-0.05, 0) is 13.1 Å². The van der Waals surface area contributed by atoms with Gasteiger partial charge in [-0.2, -0.15) is 0 Å². The van der Waals surface area contributed by atoms with Gasteiger partial charge < -0.3 is 25.4 Å². The van der Waals surface area contributed by atoms with E-state index in [1.54, 1.807) is 14.2 Å². The first-order chi connectivity index (χ1) is 10.2. The number of nitrogens with one attached hydrogen (secondary N) is 1. The summed E-state index contributed by atoms with van der Waals surface area (Å²) in [5.41, 5.74) is 7.89. The Balaban J connectivity index is 2.45. The van der Waals surface area contributed by atoms with Crippen LogP contribution in [0.2, 0.25) is 0 Å². The summed E-state index contributed by atoms with van der Waals surface area (Å²) >= 11 is 0. The number of benzene rings is 1. The molecule has 0 unspecified atom stereocenters. The minimum Gasteiger partial charge on any atom is -0.383 e. The highest BCUT2D eigenvalue weighted by molar-refractivity contribution is 5.92. The highest BCUT2D eigenvalue weighted by Gasteiger charge is 2.02. The summed E-state index contributed by atoms with van der Waals surface area (Å²) in [5, 5.41) is 3.12. The molecule has 0 saturated carbocycles. The van der Waals surface area contributed by atoms with Crippen molar-refractivity contribution in [3.63, 3.8) is 0 Å². The molecule has 0 heterocycles. The molecule has 1 aromatic carbocycles. The topological polar surface area (TPSA) is 72.1 Å². The molecule has 21 heavy (non-hydrogen) atoms. The van der Waals surface area contributed by atoms with E-state index in [1.807, 2.05) is 31.3 Å². The molecular formula is C15H26N4O2.